The maximum absolute atomic E-state index is 13.0. The Bertz CT molecular complexity index is 1610. The van der Waals surface area contributed by atoms with Gasteiger partial charge in [0.1, 0.15) is 17.4 Å². The molecule has 0 fully saturated rings. The molecule has 0 amide bonds. The fourth-order valence-corrected chi connectivity index (χ4v) is 5.59. The van der Waals surface area contributed by atoms with Gasteiger partial charge in [-0.3, -0.25) is 4.40 Å². The highest BCUT2D eigenvalue weighted by atomic mass is 32.2. The summed E-state index contributed by atoms with van der Waals surface area (Å²) in [5.41, 5.74) is 3.34. The summed E-state index contributed by atoms with van der Waals surface area (Å²) in [4.78, 5) is 10.0. The number of anilines is 1. The highest BCUT2D eigenvalue weighted by Crippen LogP contribution is 2.35. The van der Waals surface area contributed by atoms with Gasteiger partial charge in [0.15, 0.2) is 4.96 Å². The van der Waals surface area contributed by atoms with Crippen molar-refractivity contribution in [3.05, 3.63) is 84.3 Å². The topological polar surface area (TPSA) is 109 Å². The average Bonchev–Trinajstić information content (AvgIpc) is 3.46. The molecule has 3 heterocycles. The molecule has 2 aromatic carbocycles. The van der Waals surface area contributed by atoms with Gasteiger partial charge >= 0.3 is 0 Å². The average molecular weight is 524 g/mol. The first-order valence-electron chi connectivity index (χ1n) is 11.1. The number of hydrogen-bond acceptors (Lipinski definition) is 7. The number of nitrogens with one attached hydrogen (secondary N) is 2. The molecule has 0 unspecified atom stereocenters. The van der Waals surface area contributed by atoms with E-state index in [0.29, 0.717) is 18.8 Å². The number of hydrogen-bond donors (Lipinski definition) is 3. The molecule has 11 heteroatoms. The van der Waals surface area contributed by atoms with Crippen LogP contribution in [0.3, 0.4) is 0 Å². The molecule has 8 nitrogen and oxygen atoms in total. The number of phenols is 1. The Balaban J connectivity index is 1.28. The summed E-state index contributed by atoms with van der Waals surface area (Å²) in [7, 11) is -3.69. The quantitative estimate of drug-likeness (QED) is 0.241. The largest absolute Gasteiger partial charge is 0.508 e. The molecular formula is C25H22FN5O3S2. The number of fused-ring (bicyclic) bond motifs is 1. The molecule has 0 aliphatic carbocycles. The zero-order valence-electron chi connectivity index (χ0n) is 18.9. The fraction of sp³-hybridized carbons (Fsp3) is 0.120. The van der Waals surface area contributed by atoms with Gasteiger partial charge in [0.25, 0.3) is 0 Å². The minimum Gasteiger partial charge on any atom is -0.508 e. The molecule has 5 rings (SSSR count). The highest BCUT2D eigenvalue weighted by Gasteiger charge is 2.18. The molecule has 36 heavy (non-hydrogen) atoms. The van der Waals surface area contributed by atoms with E-state index in [9.17, 15) is 17.9 Å². The first kappa shape index (κ1) is 23.9. The first-order chi connectivity index (χ1) is 17.4. The number of pyridine rings is 1. The number of imidazole rings is 1. The molecule has 0 atom stereocenters. The molecule has 3 N–H and O–H groups in total. The lowest BCUT2D eigenvalue weighted by molar-refractivity contribution is 0.475. The van der Waals surface area contributed by atoms with E-state index in [0.717, 1.165) is 39.6 Å². The zero-order valence-corrected chi connectivity index (χ0v) is 20.6. The number of nitrogens with zero attached hydrogens (tertiary/aromatic N) is 3. The van der Waals surface area contributed by atoms with Gasteiger partial charge in [0.2, 0.25) is 10.0 Å². The van der Waals surface area contributed by atoms with Gasteiger partial charge in [-0.25, -0.2) is 27.5 Å². The lowest BCUT2D eigenvalue weighted by Gasteiger charge is -2.10. The van der Waals surface area contributed by atoms with Crippen LogP contribution in [0.4, 0.5) is 10.2 Å². The number of aromatic nitrogens is 3. The van der Waals surface area contributed by atoms with Crippen molar-refractivity contribution in [3.63, 3.8) is 0 Å². The smallest absolute Gasteiger partial charge is 0.240 e. The third-order valence-corrected chi connectivity index (χ3v) is 7.72. The molecule has 0 radical (unpaired) electrons. The Morgan fingerprint density at radius 3 is 2.67 bits per heavy atom. The summed E-state index contributed by atoms with van der Waals surface area (Å²) < 4.78 is 42.2. The number of rotatable bonds is 9. The van der Waals surface area contributed by atoms with Crippen LogP contribution in [0.25, 0.3) is 27.5 Å². The van der Waals surface area contributed by atoms with E-state index in [1.54, 1.807) is 24.4 Å². The fourth-order valence-electron chi connectivity index (χ4n) is 3.80. The Morgan fingerprint density at radius 1 is 1.03 bits per heavy atom. The Labute approximate surface area is 211 Å². The second-order valence-corrected chi connectivity index (χ2v) is 10.6. The number of benzene rings is 2. The standard InChI is InChI=1S/C25H22FN5O3S2/c26-19-5-7-21(8-6-19)36(33,34)29-11-2-10-27-22-16-18(9-12-28-22)24-23(17-3-1-4-20(32)15-17)30-25-31(24)13-14-35-25/h1,3-9,12-16,29,32H,2,10-11H2,(H,27,28). The van der Waals surface area contributed by atoms with E-state index < -0.39 is 15.8 Å². The molecular weight excluding hydrogens is 501 g/mol. The van der Waals surface area contributed by atoms with Crippen molar-refractivity contribution in [2.75, 3.05) is 18.4 Å². The van der Waals surface area contributed by atoms with E-state index in [4.69, 9.17) is 4.98 Å². The minimum atomic E-state index is -3.69. The molecule has 0 saturated carbocycles. The normalized spacial score (nSPS) is 11.7. The molecule has 0 spiro atoms. The number of aromatic hydroxyl groups is 1. The van der Waals surface area contributed by atoms with Crippen LogP contribution < -0.4 is 10.0 Å². The summed E-state index contributed by atoms with van der Waals surface area (Å²) in [6, 6.07) is 15.5. The highest BCUT2D eigenvalue weighted by molar-refractivity contribution is 7.89. The second kappa shape index (κ2) is 10.1. The molecule has 0 bridgehead atoms. The lowest BCUT2D eigenvalue weighted by Crippen LogP contribution is -2.26. The van der Waals surface area contributed by atoms with E-state index in [1.807, 2.05) is 34.2 Å². The summed E-state index contributed by atoms with van der Waals surface area (Å²) >= 11 is 1.52. The van der Waals surface area contributed by atoms with Crippen molar-refractivity contribution >= 4 is 32.1 Å². The van der Waals surface area contributed by atoms with Gasteiger partial charge in [0.05, 0.1) is 16.3 Å². The van der Waals surface area contributed by atoms with Crippen molar-refractivity contribution < 1.29 is 17.9 Å². The van der Waals surface area contributed by atoms with Crippen molar-refractivity contribution in [3.8, 4) is 28.3 Å². The third-order valence-electron chi connectivity index (χ3n) is 5.49. The van der Waals surface area contributed by atoms with Crippen LogP contribution in [0.5, 0.6) is 5.75 Å². The molecule has 3 aromatic heterocycles. The van der Waals surface area contributed by atoms with Gasteiger partial charge in [-0.05, 0) is 55.0 Å². The van der Waals surface area contributed by atoms with Gasteiger partial charge in [-0.15, -0.1) is 11.3 Å². The number of halogens is 1. The van der Waals surface area contributed by atoms with Crippen LogP contribution in [0.1, 0.15) is 6.42 Å². The predicted octanol–water partition coefficient (Wildman–Crippen LogP) is 4.75. The minimum absolute atomic E-state index is 0.0225. The van der Waals surface area contributed by atoms with Crippen LogP contribution in [0.15, 0.2) is 83.3 Å². The van der Waals surface area contributed by atoms with Crippen LogP contribution in [0.2, 0.25) is 0 Å². The molecule has 0 aliphatic heterocycles. The van der Waals surface area contributed by atoms with Crippen LogP contribution in [-0.2, 0) is 10.0 Å². The van der Waals surface area contributed by atoms with Crippen LogP contribution in [0, 0.1) is 5.82 Å². The summed E-state index contributed by atoms with van der Waals surface area (Å²) in [6.45, 7) is 0.703. The van der Waals surface area contributed by atoms with Gasteiger partial charge < -0.3 is 10.4 Å². The number of thiazole rings is 1. The van der Waals surface area contributed by atoms with Crippen molar-refractivity contribution in [2.24, 2.45) is 0 Å². The van der Waals surface area contributed by atoms with E-state index in [-0.39, 0.29) is 17.2 Å². The summed E-state index contributed by atoms with van der Waals surface area (Å²) in [6.07, 6.45) is 4.17. The van der Waals surface area contributed by atoms with Gasteiger partial charge in [-0.2, -0.15) is 0 Å². The molecule has 0 aliphatic rings. The van der Waals surface area contributed by atoms with Gasteiger partial charge in [0, 0.05) is 42.0 Å². The molecule has 5 aromatic rings. The number of sulfonamides is 1. The van der Waals surface area contributed by atoms with Crippen LogP contribution in [-0.4, -0.2) is 41.0 Å². The second-order valence-electron chi connectivity index (χ2n) is 7.98. The lowest BCUT2D eigenvalue weighted by atomic mass is 10.1. The molecule has 0 saturated heterocycles. The maximum Gasteiger partial charge on any atom is 0.240 e. The number of phenolic OH excluding ortho intramolecular Hbond substituents is 1. The van der Waals surface area contributed by atoms with Crippen molar-refractivity contribution in [2.45, 2.75) is 11.3 Å². The zero-order chi connectivity index (χ0) is 25.1. The van der Waals surface area contributed by atoms with Gasteiger partial charge in [-0.1, -0.05) is 12.1 Å². The first-order valence-corrected chi connectivity index (χ1v) is 13.5. The van der Waals surface area contributed by atoms with E-state index in [2.05, 4.69) is 15.0 Å². The summed E-state index contributed by atoms with van der Waals surface area (Å²) in [5, 5.41) is 15.2. The third kappa shape index (κ3) is 5.08. The predicted molar refractivity (Wildman–Crippen MR) is 138 cm³/mol. The summed E-state index contributed by atoms with van der Waals surface area (Å²) in [5.74, 6) is 0.320. The van der Waals surface area contributed by atoms with Crippen molar-refractivity contribution in [1.82, 2.24) is 19.1 Å². The van der Waals surface area contributed by atoms with E-state index in [1.165, 1.54) is 23.5 Å². The van der Waals surface area contributed by atoms with E-state index >= 15 is 0 Å². The van der Waals surface area contributed by atoms with Crippen molar-refractivity contribution in [1.29, 1.82) is 0 Å². The Hall–Kier alpha value is -3.80. The monoisotopic (exact) mass is 523 g/mol. The van der Waals surface area contributed by atoms with Crippen LogP contribution >= 0.6 is 11.3 Å². The Kier molecular flexibility index (Phi) is 6.68. The Morgan fingerprint density at radius 2 is 1.86 bits per heavy atom. The molecule has 184 valence electrons. The maximum atomic E-state index is 13.0. The SMILES string of the molecule is O=S(=O)(NCCCNc1cc(-c2c(-c3cccc(O)c3)nc3sccn23)ccn1)c1ccc(F)cc1.